The molecule has 1 N–H and O–H groups in total. The van der Waals surface area contributed by atoms with E-state index in [4.69, 9.17) is 0 Å². The summed E-state index contributed by atoms with van der Waals surface area (Å²) in [6.45, 7) is 4.25. The highest BCUT2D eigenvalue weighted by atomic mass is 16.2. The highest BCUT2D eigenvalue weighted by Crippen LogP contribution is 2.24. The summed E-state index contributed by atoms with van der Waals surface area (Å²) in [4.78, 5) is 42.8. The Kier molecular flexibility index (Phi) is 5.11. The van der Waals surface area contributed by atoms with Crippen LogP contribution < -0.4 is 5.32 Å². The lowest BCUT2D eigenvalue weighted by Gasteiger charge is -2.13. The fourth-order valence-corrected chi connectivity index (χ4v) is 2.94. The van der Waals surface area contributed by atoms with Gasteiger partial charge in [0.1, 0.15) is 0 Å². The maximum atomic E-state index is 12.5. The van der Waals surface area contributed by atoms with Crippen LogP contribution in [0.1, 0.15) is 69.5 Å². The average molecular weight is 351 g/mol. The Labute approximate surface area is 152 Å². The lowest BCUT2D eigenvalue weighted by atomic mass is 10.0. The molecule has 1 atom stereocenters. The Hall–Kier alpha value is -3.02. The fourth-order valence-electron chi connectivity index (χ4n) is 2.94. The number of amides is 3. The summed E-state index contributed by atoms with van der Waals surface area (Å²) in [5.74, 6) is -0.920. The van der Waals surface area contributed by atoms with Gasteiger partial charge in [-0.3, -0.25) is 24.3 Å². The standard InChI is InChI=1S/C20H21N3O3/c1-3-4-11-23-19(25)15-9-8-14(12-16(15)20(23)26)18(24)22-13(2)17-7-5-6-10-21-17/h5-10,12-13H,3-4,11H2,1-2H3,(H,22,24). The first-order chi connectivity index (χ1) is 12.5. The highest BCUT2D eigenvalue weighted by Gasteiger charge is 2.35. The quantitative estimate of drug-likeness (QED) is 0.812. The van der Waals surface area contributed by atoms with E-state index in [1.807, 2.05) is 32.0 Å². The number of hydrogen-bond acceptors (Lipinski definition) is 4. The molecule has 134 valence electrons. The summed E-state index contributed by atoms with van der Waals surface area (Å²) in [6, 6.07) is 9.87. The second kappa shape index (κ2) is 7.47. The molecule has 6 heteroatoms. The van der Waals surface area contributed by atoms with Crippen molar-refractivity contribution in [2.24, 2.45) is 0 Å². The van der Waals surface area contributed by atoms with Crippen molar-refractivity contribution in [3.8, 4) is 0 Å². The van der Waals surface area contributed by atoms with Gasteiger partial charge in [-0.15, -0.1) is 0 Å². The third-order valence-corrected chi connectivity index (χ3v) is 4.45. The minimum atomic E-state index is -0.328. The van der Waals surface area contributed by atoms with Crippen LogP contribution in [0.15, 0.2) is 42.6 Å². The van der Waals surface area contributed by atoms with Crippen molar-refractivity contribution in [3.05, 3.63) is 65.0 Å². The first kappa shape index (κ1) is 17.8. The van der Waals surface area contributed by atoms with E-state index in [9.17, 15) is 14.4 Å². The smallest absolute Gasteiger partial charge is 0.261 e. The number of hydrogen-bond donors (Lipinski definition) is 1. The van der Waals surface area contributed by atoms with Gasteiger partial charge < -0.3 is 5.32 Å². The van der Waals surface area contributed by atoms with Crippen LogP contribution in [0.25, 0.3) is 0 Å². The van der Waals surface area contributed by atoms with Crippen molar-refractivity contribution in [2.75, 3.05) is 6.54 Å². The number of nitrogens with zero attached hydrogens (tertiary/aromatic N) is 2. The number of unbranched alkanes of at least 4 members (excludes halogenated alkanes) is 1. The molecule has 0 bridgehead atoms. The maximum Gasteiger partial charge on any atom is 0.261 e. The zero-order valence-corrected chi connectivity index (χ0v) is 14.9. The zero-order valence-electron chi connectivity index (χ0n) is 14.9. The molecule has 0 saturated heterocycles. The molecule has 1 aliphatic rings. The van der Waals surface area contributed by atoms with Crippen molar-refractivity contribution in [2.45, 2.75) is 32.7 Å². The van der Waals surface area contributed by atoms with Crippen molar-refractivity contribution in [1.82, 2.24) is 15.2 Å². The molecule has 6 nitrogen and oxygen atoms in total. The van der Waals surface area contributed by atoms with Gasteiger partial charge in [0.15, 0.2) is 0 Å². The number of imide groups is 1. The van der Waals surface area contributed by atoms with E-state index >= 15 is 0 Å². The largest absolute Gasteiger partial charge is 0.344 e. The predicted octanol–water partition coefficient (Wildman–Crippen LogP) is 2.97. The number of carbonyl (C=O) groups excluding carboxylic acids is 3. The van der Waals surface area contributed by atoms with Gasteiger partial charge in [0, 0.05) is 18.3 Å². The van der Waals surface area contributed by atoms with E-state index in [0.29, 0.717) is 23.2 Å². The van der Waals surface area contributed by atoms with Gasteiger partial charge in [0.05, 0.1) is 22.9 Å². The number of fused-ring (bicyclic) bond motifs is 1. The van der Waals surface area contributed by atoms with E-state index < -0.39 is 0 Å². The van der Waals surface area contributed by atoms with Gasteiger partial charge in [-0.25, -0.2) is 0 Å². The van der Waals surface area contributed by atoms with Gasteiger partial charge in [-0.2, -0.15) is 0 Å². The molecule has 0 spiro atoms. The highest BCUT2D eigenvalue weighted by molar-refractivity contribution is 6.22. The van der Waals surface area contributed by atoms with Gasteiger partial charge in [0.25, 0.3) is 17.7 Å². The lowest BCUT2D eigenvalue weighted by Crippen LogP contribution is -2.30. The molecule has 0 aliphatic carbocycles. The van der Waals surface area contributed by atoms with Gasteiger partial charge in [0.2, 0.25) is 0 Å². The van der Waals surface area contributed by atoms with E-state index in [0.717, 1.165) is 18.5 Å². The minimum Gasteiger partial charge on any atom is -0.344 e. The number of aromatic nitrogens is 1. The Balaban J connectivity index is 1.78. The summed E-state index contributed by atoms with van der Waals surface area (Å²) < 4.78 is 0. The number of benzene rings is 1. The van der Waals surface area contributed by atoms with E-state index in [1.54, 1.807) is 18.3 Å². The monoisotopic (exact) mass is 351 g/mol. The molecule has 26 heavy (non-hydrogen) atoms. The van der Waals surface area contributed by atoms with Gasteiger partial charge >= 0.3 is 0 Å². The van der Waals surface area contributed by atoms with Crippen LogP contribution in [0.2, 0.25) is 0 Å². The molecular formula is C20H21N3O3. The third-order valence-electron chi connectivity index (χ3n) is 4.45. The molecule has 2 heterocycles. The predicted molar refractivity (Wildman–Crippen MR) is 96.8 cm³/mol. The summed E-state index contributed by atoms with van der Waals surface area (Å²) in [7, 11) is 0. The molecule has 0 radical (unpaired) electrons. The Morgan fingerprint density at radius 3 is 2.62 bits per heavy atom. The summed E-state index contributed by atoms with van der Waals surface area (Å²) in [5.41, 5.74) is 1.76. The normalized spacial score (nSPS) is 14.3. The van der Waals surface area contributed by atoms with Crippen LogP contribution in [-0.4, -0.2) is 34.2 Å². The summed E-state index contributed by atoms with van der Waals surface area (Å²) in [6.07, 6.45) is 3.33. The maximum absolute atomic E-state index is 12.5. The molecule has 0 fully saturated rings. The van der Waals surface area contributed by atoms with Crippen LogP contribution >= 0.6 is 0 Å². The molecule has 0 saturated carbocycles. The number of rotatable bonds is 6. The second-order valence-corrected chi connectivity index (χ2v) is 6.33. The lowest BCUT2D eigenvalue weighted by molar-refractivity contribution is 0.0652. The van der Waals surface area contributed by atoms with Crippen LogP contribution in [-0.2, 0) is 0 Å². The molecule has 1 aliphatic heterocycles. The van der Waals surface area contributed by atoms with Crippen LogP contribution in [0.4, 0.5) is 0 Å². The Morgan fingerprint density at radius 2 is 1.92 bits per heavy atom. The average Bonchev–Trinajstić information content (AvgIpc) is 2.90. The molecule has 1 aromatic heterocycles. The molecular weight excluding hydrogens is 330 g/mol. The molecule has 1 aromatic carbocycles. The van der Waals surface area contributed by atoms with Crippen LogP contribution in [0.3, 0.4) is 0 Å². The summed E-state index contributed by atoms with van der Waals surface area (Å²) in [5, 5.41) is 2.86. The van der Waals surface area contributed by atoms with E-state index in [1.165, 1.54) is 11.0 Å². The Morgan fingerprint density at radius 1 is 1.15 bits per heavy atom. The second-order valence-electron chi connectivity index (χ2n) is 6.33. The van der Waals surface area contributed by atoms with E-state index in [-0.39, 0.29) is 23.8 Å². The SMILES string of the molecule is CCCCN1C(=O)c2ccc(C(=O)NC(C)c3ccccn3)cc2C1=O. The first-order valence-electron chi connectivity index (χ1n) is 8.75. The van der Waals surface area contributed by atoms with Gasteiger partial charge in [-0.1, -0.05) is 19.4 Å². The molecule has 1 unspecified atom stereocenters. The van der Waals surface area contributed by atoms with Crippen molar-refractivity contribution in [1.29, 1.82) is 0 Å². The van der Waals surface area contributed by atoms with Crippen LogP contribution in [0.5, 0.6) is 0 Å². The van der Waals surface area contributed by atoms with E-state index in [2.05, 4.69) is 10.3 Å². The Bertz CT molecular complexity index is 849. The molecule has 3 rings (SSSR count). The number of carbonyl (C=O) groups is 3. The number of pyridine rings is 1. The van der Waals surface area contributed by atoms with Crippen molar-refractivity contribution < 1.29 is 14.4 Å². The first-order valence-corrected chi connectivity index (χ1v) is 8.75. The molecule has 2 aromatic rings. The topological polar surface area (TPSA) is 79.4 Å². The summed E-state index contributed by atoms with van der Waals surface area (Å²) >= 11 is 0. The van der Waals surface area contributed by atoms with Crippen molar-refractivity contribution >= 4 is 17.7 Å². The van der Waals surface area contributed by atoms with Crippen LogP contribution in [0, 0.1) is 0 Å². The fraction of sp³-hybridized carbons (Fsp3) is 0.300. The van der Waals surface area contributed by atoms with Gasteiger partial charge in [-0.05, 0) is 43.7 Å². The van der Waals surface area contributed by atoms with Crippen molar-refractivity contribution in [3.63, 3.8) is 0 Å². The zero-order chi connectivity index (χ0) is 18.7. The molecule has 3 amide bonds. The number of nitrogens with one attached hydrogen (secondary N) is 1. The minimum absolute atomic E-state index is 0.268. The third kappa shape index (κ3) is 3.35.